The molecule has 10 heteroatoms. The van der Waals surface area contributed by atoms with E-state index in [9.17, 15) is 43.9 Å². The molecule has 0 aromatic rings. The van der Waals surface area contributed by atoms with Gasteiger partial charge in [-0.2, -0.15) is 26.3 Å². The second-order valence-corrected chi connectivity index (χ2v) is 2.80. The predicted octanol–water partition coefficient (Wildman–Crippen LogP) is 3.81. The zero-order chi connectivity index (χ0) is 13.4. The molecular weight excluding hydrogens is 262 g/mol. The molecule has 0 aliphatic heterocycles. The summed E-state index contributed by atoms with van der Waals surface area (Å²) in [5.74, 6) is -5.92. The minimum Gasteiger partial charge on any atom is -0.251 e. The van der Waals surface area contributed by atoms with Gasteiger partial charge in [-0.3, -0.25) is 4.39 Å². The fourth-order valence-corrected chi connectivity index (χ4v) is 0.866. The summed E-state index contributed by atoms with van der Waals surface area (Å²) in [5, 5.41) is 0. The predicted molar refractivity (Wildman–Crippen MR) is 31.5 cm³/mol. The van der Waals surface area contributed by atoms with Gasteiger partial charge in [0.1, 0.15) is 0 Å². The lowest BCUT2D eigenvalue weighted by Gasteiger charge is -2.35. The van der Waals surface area contributed by atoms with Crippen LogP contribution >= 0.6 is 0 Å². The zero-order valence-corrected chi connectivity index (χ0v) is 7.19. The van der Waals surface area contributed by atoms with Gasteiger partial charge < -0.3 is 0 Å². The fourth-order valence-electron chi connectivity index (χ4n) is 0.866. The summed E-state index contributed by atoms with van der Waals surface area (Å²) >= 11 is 0. The molecular formula is C6H4F10. The van der Waals surface area contributed by atoms with Crippen molar-refractivity contribution in [2.75, 3.05) is 6.67 Å². The number of hydrogen-bond donors (Lipinski definition) is 0. The Morgan fingerprint density at radius 3 is 1.12 bits per heavy atom. The lowest BCUT2D eigenvalue weighted by molar-refractivity contribution is -0.397. The molecule has 0 aromatic heterocycles. The third-order valence-corrected chi connectivity index (χ3v) is 1.69. The molecule has 0 aromatic carbocycles. The smallest absolute Gasteiger partial charge is 0.251 e. The van der Waals surface area contributed by atoms with Crippen LogP contribution in [-0.2, 0) is 0 Å². The van der Waals surface area contributed by atoms with Crippen molar-refractivity contribution in [1.82, 2.24) is 0 Å². The SMILES string of the molecule is FCCC(F)(F)C(F)(C(F)(F)F)C(F)(F)F. The normalized spacial score (nSPS) is 15.4. The van der Waals surface area contributed by atoms with Crippen LogP contribution in [0.5, 0.6) is 0 Å². The van der Waals surface area contributed by atoms with Crippen LogP contribution in [-0.4, -0.2) is 30.6 Å². The van der Waals surface area contributed by atoms with Crippen molar-refractivity contribution in [2.45, 2.75) is 30.4 Å². The van der Waals surface area contributed by atoms with E-state index < -0.39 is 37.0 Å². The molecule has 0 heterocycles. The minimum absolute atomic E-state index is 2.22. The maximum Gasteiger partial charge on any atom is 0.437 e. The van der Waals surface area contributed by atoms with Crippen molar-refractivity contribution < 1.29 is 43.9 Å². The van der Waals surface area contributed by atoms with Crippen molar-refractivity contribution in [3.63, 3.8) is 0 Å². The van der Waals surface area contributed by atoms with Crippen LogP contribution in [0.4, 0.5) is 43.9 Å². The quantitative estimate of drug-likeness (QED) is 0.681. The minimum atomic E-state index is -6.88. The first kappa shape index (κ1) is 15.3. The molecule has 0 fully saturated rings. The van der Waals surface area contributed by atoms with Gasteiger partial charge >= 0.3 is 23.9 Å². The largest absolute Gasteiger partial charge is 0.437 e. The molecule has 0 N–H and O–H groups in total. The molecule has 0 unspecified atom stereocenters. The molecule has 0 spiro atoms. The second kappa shape index (κ2) is 3.95. The van der Waals surface area contributed by atoms with Crippen LogP contribution in [0.15, 0.2) is 0 Å². The molecule has 16 heavy (non-hydrogen) atoms. The van der Waals surface area contributed by atoms with Gasteiger partial charge in [-0.05, 0) is 0 Å². The fraction of sp³-hybridized carbons (Fsp3) is 1.00. The molecule has 0 aliphatic carbocycles. The summed E-state index contributed by atoms with van der Waals surface area (Å²) in [4.78, 5) is 0. The first-order valence-electron chi connectivity index (χ1n) is 3.57. The number of alkyl halides is 10. The first-order valence-corrected chi connectivity index (χ1v) is 3.57. The lowest BCUT2D eigenvalue weighted by Crippen LogP contribution is -2.64. The molecule has 0 bridgehead atoms. The van der Waals surface area contributed by atoms with E-state index in [0.717, 1.165) is 0 Å². The number of rotatable bonds is 3. The molecule has 0 saturated heterocycles. The topological polar surface area (TPSA) is 0 Å². The molecule has 0 atom stereocenters. The highest BCUT2D eigenvalue weighted by molar-refractivity contribution is 5.05. The van der Waals surface area contributed by atoms with Crippen molar-refractivity contribution in [2.24, 2.45) is 0 Å². The van der Waals surface area contributed by atoms with E-state index in [4.69, 9.17) is 0 Å². The third kappa shape index (κ3) is 2.19. The van der Waals surface area contributed by atoms with E-state index in [1.165, 1.54) is 0 Å². The Labute approximate surface area is 82.2 Å². The molecule has 0 saturated carbocycles. The average molecular weight is 266 g/mol. The third-order valence-electron chi connectivity index (χ3n) is 1.69. The average Bonchev–Trinajstić information content (AvgIpc) is 1.98. The Morgan fingerprint density at radius 1 is 0.625 bits per heavy atom. The van der Waals surface area contributed by atoms with E-state index in [0.29, 0.717) is 0 Å². The highest BCUT2D eigenvalue weighted by Crippen LogP contribution is 2.55. The van der Waals surface area contributed by atoms with Crippen molar-refractivity contribution >= 4 is 0 Å². The van der Waals surface area contributed by atoms with E-state index >= 15 is 0 Å². The molecule has 0 nitrogen and oxygen atoms in total. The van der Waals surface area contributed by atoms with Crippen molar-refractivity contribution in [3.05, 3.63) is 0 Å². The van der Waals surface area contributed by atoms with Crippen molar-refractivity contribution in [3.8, 4) is 0 Å². The van der Waals surface area contributed by atoms with Gasteiger partial charge in [0.15, 0.2) is 0 Å². The maximum absolute atomic E-state index is 12.6. The van der Waals surface area contributed by atoms with E-state index in [1.807, 2.05) is 0 Å². The van der Waals surface area contributed by atoms with Crippen LogP contribution in [0.2, 0.25) is 0 Å². The summed E-state index contributed by atoms with van der Waals surface area (Å²) in [6.45, 7) is -2.22. The van der Waals surface area contributed by atoms with Crippen LogP contribution in [0.1, 0.15) is 6.42 Å². The molecule has 0 radical (unpaired) electrons. The van der Waals surface area contributed by atoms with Gasteiger partial charge in [0.2, 0.25) is 0 Å². The first-order chi connectivity index (χ1) is 6.81. The Balaban J connectivity index is 5.61. The monoisotopic (exact) mass is 266 g/mol. The summed E-state index contributed by atoms with van der Waals surface area (Å²) < 4.78 is 119. The summed E-state index contributed by atoms with van der Waals surface area (Å²) in [5.41, 5.74) is -6.75. The van der Waals surface area contributed by atoms with Crippen LogP contribution < -0.4 is 0 Å². The Kier molecular flexibility index (Phi) is 3.78. The van der Waals surface area contributed by atoms with Crippen LogP contribution in [0.25, 0.3) is 0 Å². The van der Waals surface area contributed by atoms with Gasteiger partial charge in [0, 0.05) is 6.42 Å². The van der Waals surface area contributed by atoms with Crippen molar-refractivity contribution in [1.29, 1.82) is 0 Å². The van der Waals surface area contributed by atoms with Crippen LogP contribution in [0, 0.1) is 0 Å². The lowest BCUT2D eigenvalue weighted by atomic mass is 9.94. The zero-order valence-electron chi connectivity index (χ0n) is 7.19. The Hall–Kier alpha value is -0.700. The van der Waals surface area contributed by atoms with Gasteiger partial charge in [0.25, 0.3) is 0 Å². The second-order valence-electron chi connectivity index (χ2n) is 2.80. The maximum atomic E-state index is 12.6. The van der Waals surface area contributed by atoms with E-state index in [-0.39, 0.29) is 0 Å². The Bertz CT molecular complexity index is 221. The summed E-state index contributed by atoms with van der Waals surface area (Å²) in [6, 6.07) is 0. The Morgan fingerprint density at radius 2 is 0.938 bits per heavy atom. The number of hydrogen-bond acceptors (Lipinski definition) is 0. The summed E-state index contributed by atoms with van der Waals surface area (Å²) in [7, 11) is 0. The van der Waals surface area contributed by atoms with Gasteiger partial charge in [-0.25, -0.2) is 13.2 Å². The molecule has 98 valence electrons. The highest BCUT2D eigenvalue weighted by Gasteiger charge is 2.83. The summed E-state index contributed by atoms with van der Waals surface area (Å²) in [6.07, 6.45) is -16.3. The standard InChI is InChI=1S/C6H4F10/c7-2-1-3(8,9)4(10,5(11,12)13)6(14,15)16/h1-2H2. The van der Waals surface area contributed by atoms with E-state index in [1.54, 1.807) is 0 Å². The van der Waals surface area contributed by atoms with Gasteiger partial charge in [0.05, 0.1) is 6.67 Å². The molecule has 0 aliphatic rings. The van der Waals surface area contributed by atoms with E-state index in [2.05, 4.69) is 0 Å². The van der Waals surface area contributed by atoms with Gasteiger partial charge in [-0.15, -0.1) is 0 Å². The highest BCUT2D eigenvalue weighted by atomic mass is 19.4. The molecule has 0 amide bonds. The van der Waals surface area contributed by atoms with Gasteiger partial charge in [-0.1, -0.05) is 0 Å². The number of halogens is 10. The molecule has 0 rings (SSSR count). The van der Waals surface area contributed by atoms with Crippen LogP contribution in [0.3, 0.4) is 0 Å².